The van der Waals surface area contributed by atoms with Gasteiger partial charge in [0.25, 0.3) is 0 Å². The Bertz CT molecular complexity index is 1240. The van der Waals surface area contributed by atoms with Gasteiger partial charge in [0.15, 0.2) is 0 Å². The highest BCUT2D eigenvalue weighted by molar-refractivity contribution is 6.06. The predicted octanol–water partition coefficient (Wildman–Crippen LogP) is 4.29. The van der Waals surface area contributed by atoms with Gasteiger partial charge in [-0.1, -0.05) is 0 Å². The molecule has 0 aliphatic rings. The topological polar surface area (TPSA) is 107 Å². The SMILES string of the molecule is COc1cnc2[nH]c3cnc(-c4cnn(CCCCNC(=O)OC(C)(C)C)c4)cc3c2c1. The summed E-state index contributed by atoms with van der Waals surface area (Å²) < 4.78 is 12.4. The summed E-state index contributed by atoms with van der Waals surface area (Å²) in [5.41, 5.74) is 3.04. The molecule has 0 spiro atoms. The third-order valence-corrected chi connectivity index (χ3v) is 4.96. The van der Waals surface area contributed by atoms with E-state index in [0.717, 1.165) is 52.6 Å². The number of ether oxygens (including phenoxy) is 2. The van der Waals surface area contributed by atoms with E-state index in [1.807, 2.05) is 56.2 Å². The highest BCUT2D eigenvalue weighted by atomic mass is 16.6. The number of fused-ring (bicyclic) bond motifs is 3. The number of nitrogens with zero attached hydrogens (tertiary/aromatic N) is 4. The predicted molar refractivity (Wildman–Crippen MR) is 123 cm³/mol. The molecule has 0 bridgehead atoms. The second-order valence-corrected chi connectivity index (χ2v) is 8.64. The summed E-state index contributed by atoms with van der Waals surface area (Å²) in [6.07, 6.45) is 8.66. The van der Waals surface area contributed by atoms with Crippen molar-refractivity contribution in [3.05, 3.63) is 36.9 Å². The number of nitrogens with one attached hydrogen (secondary N) is 2. The minimum atomic E-state index is -0.484. The van der Waals surface area contributed by atoms with Crippen molar-refractivity contribution in [2.75, 3.05) is 13.7 Å². The first-order chi connectivity index (χ1) is 15.3. The Labute approximate surface area is 186 Å². The first-order valence-electron chi connectivity index (χ1n) is 10.6. The fraction of sp³-hybridized carbons (Fsp3) is 0.391. The molecule has 0 aliphatic carbocycles. The molecule has 4 rings (SSSR count). The number of carbonyl (C=O) groups is 1. The third kappa shape index (κ3) is 4.99. The van der Waals surface area contributed by atoms with Crippen molar-refractivity contribution in [3.8, 4) is 17.0 Å². The van der Waals surface area contributed by atoms with Gasteiger partial charge in [-0.15, -0.1) is 0 Å². The molecule has 168 valence electrons. The smallest absolute Gasteiger partial charge is 0.407 e. The number of alkyl carbamates (subject to hydrolysis) is 1. The quantitative estimate of drug-likeness (QED) is 0.419. The number of rotatable bonds is 7. The van der Waals surface area contributed by atoms with Crippen LogP contribution < -0.4 is 10.1 Å². The van der Waals surface area contributed by atoms with Gasteiger partial charge >= 0.3 is 6.09 Å². The molecule has 9 heteroatoms. The van der Waals surface area contributed by atoms with Gasteiger partial charge in [0.2, 0.25) is 0 Å². The highest BCUT2D eigenvalue weighted by Crippen LogP contribution is 2.29. The second kappa shape index (κ2) is 8.86. The zero-order chi connectivity index (χ0) is 22.7. The Balaban J connectivity index is 1.38. The third-order valence-electron chi connectivity index (χ3n) is 4.96. The van der Waals surface area contributed by atoms with Crippen LogP contribution in [0.5, 0.6) is 5.75 Å². The summed E-state index contributed by atoms with van der Waals surface area (Å²) in [7, 11) is 1.63. The van der Waals surface area contributed by atoms with Crippen LogP contribution in [0.25, 0.3) is 33.2 Å². The second-order valence-electron chi connectivity index (χ2n) is 8.64. The van der Waals surface area contributed by atoms with Crippen molar-refractivity contribution in [1.29, 1.82) is 0 Å². The van der Waals surface area contributed by atoms with E-state index in [-0.39, 0.29) is 6.09 Å². The zero-order valence-electron chi connectivity index (χ0n) is 18.8. The van der Waals surface area contributed by atoms with Crippen LogP contribution in [0.15, 0.2) is 36.9 Å². The molecule has 32 heavy (non-hydrogen) atoms. The largest absolute Gasteiger partial charge is 0.495 e. The van der Waals surface area contributed by atoms with Crippen LogP contribution in [-0.4, -0.2) is 50.1 Å². The number of amides is 1. The molecule has 4 aromatic rings. The van der Waals surface area contributed by atoms with Crippen LogP contribution in [0.2, 0.25) is 0 Å². The minimum absolute atomic E-state index is 0.384. The van der Waals surface area contributed by atoms with E-state index < -0.39 is 5.60 Å². The number of H-pyrrole nitrogens is 1. The van der Waals surface area contributed by atoms with Crippen LogP contribution in [0.4, 0.5) is 4.79 Å². The number of unbranched alkanes of at least 4 members (excludes halogenated alkanes) is 1. The summed E-state index contributed by atoms with van der Waals surface area (Å²) in [6.45, 7) is 6.87. The normalized spacial score (nSPS) is 11.8. The summed E-state index contributed by atoms with van der Waals surface area (Å²) in [5, 5.41) is 9.26. The lowest BCUT2D eigenvalue weighted by atomic mass is 10.1. The molecule has 0 aromatic carbocycles. The van der Waals surface area contributed by atoms with Crippen LogP contribution in [-0.2, 0) is 11.3 Å². The molecule has 0 saturated heterocycles. The van der Waals surface area contributed by atoms with Crippen LogP contribution in [0.1, 0.15) is 33.6 Å². The van der Waals surface area contributed by atoms with Gasteiger partial charge in [-0.2, -0.15) is 5.10 Å². The number of hydrogen-bond acceptors (Lipinski definition) is 6. The molecule has 0 unspecified atom stereocenters. The van der Waals surface area contributed by atoms with Crippen molar-refractivity contribution in [2.45, 2.75) is 45.8 Å². The molecule has 0 saturated carbocycles. The summed E-state index contributed by atoms with van der Waals surface area (Å²) in [5.74, 6) is 0.714. The van der Waals surface area contributed by atoms with Gasteiger partial charge in [0, 0.05) is 35.6 Å². The van der Waals surface area contributed by atoms with Crippen molar-refractivity contribution in [2.24, 2.45) is 0 Å². The van der Waals surface area contributed by atoms with Gasteiger partial charge < -0.3 is 19.8 Å². The number of carbonyl (C=O) groups excluding carboxylic acids is 1. The molecular formula is C23H28N6O3. The van der Waals surface area contributed by atoms with Crippen molar-refractivity contribution < 1.29 is 14.3 Å². The molecule has 0 atom stereocenters. The summed E-state index contributed by atoms with van der Waals surface area (Å²) in [4.78, 5) is 24.0. The molecular weight excluding hydrogens is 408 g/mol. The first-order valence-corrected chi connectivity index (χ1v) is 10.6. The van der Waals surface area contributed by atoms with E-state index in [1.165, 1.54) is 0 Å². The molecule has 0 fully saturated rings. The number of hydrogen-bond donors (Lipinski definition) is 2. The first kappa shape index (κ1) is 21.6. The standard InChI is InChI=1S/C23H28N6O3/c1-23(2,3)32-22(30)24-7-5-6-8-29-14-15(11-27-29)19-10-17-18-9-16(31-4)12-26-21(18)28-20(17)13-25-19/h9-14H,5-8H2,1-4H3,(H,24,30)(H,26,28). The zero-order valence-corrected chi connectivity index (χ0v) is 18.8. The van der Waals surface area contributed by atoms with Gasteiger partial charge in [-0.25, -0.2) is 9.78 Å². The van der Waals surface area contributed by atoms with E-state index in [0.29, 0.717) is 12.3 Å². The lowest BCUT2D eigenvalue weighted by Crippen LogP contribution is -2.33. The van der Waals surface area contributed by atoms with Crippen LogP contribution in [0.3, 0.4) is 0 Å². The van der Waals surface area contributed by atoms with E-state index in [4.69, 9.17) is 9.47 Å². The fourth-order valence-electron chi connectivity index (χ4n) is 3.45. The van der Waals surface area contributed by atoms with Gasteiger partial charge in [0.1, 0.15) is 17.0 Å². The Morgan fingerprint density at radius 2 is 1.97 bits per heavy atom. The fourth-order valence-corrected chi connectivity index (χ4v) is 3.45. The molecule has 0 aliphatic heterocycles. The summed E-state index contributed by atoms with van der Waals surface area (Å²) in [6, 6.07) is 4.01. The minimum Gasteiger partial charge on any atom is -0.495 e. The maximum atomic E-state index is 11.7. The Kier molecular flexibility index (Phi) is 5.98. The van der Waals surface area contributed by atoms with E-state index in [9.17, 15) is 4.79 Å². The Morgan fingerprint density at radius 3 is 2.75 bits per heavy atom. The Morgan fingerprint density at radius 1 is 1.12 bits per heavy atom. The Hall–Kier alpha value is -3.62. The number of aromatic nitrogens is 5. The highest BCUT2D eigenvalue weighted by Gasteiger charge is 2.15. The summed E-state index contributed by atoms with van der Waals surface area (Å²) >= 11 is 0. The maximum absolute atomic E-state index is 11.7. The van der Waals surface area contributed by atoms with Crippen LogP contribution in [0, 0.1) is 0 Å². The van der Waals surface area contributed by atoms with E-state index in [1.54, 1.807) is 13.3 Å². The average molecular weight is 437 g/mol. The van der Waals surface area contributed by atoms with E-state index >= 15 is 0 Å². The van der Waals surface area contributed by atoms with Gasteiger partial charge in [0.05, 0.1) is 36.9 Å². The molecule has 1 amide bonds. The molecule has 4 aromatic heterocycles. The monoisotopic (exact) mass is 436 g/mol. The number of pyridine rings is 2. The maximum Gasteiger partial charge on any atom is 0.407 e. The lowest BCUT2D eigenvalue weighted by Gasteiger charge is -2.19. The number of methoxy groups -OCH3 is 1. The van der Waals surface area contributed by atoms with Crippen molar-refractivity contribution in [1.82, 2.24) is 30.0 Å². The molecule has 0 radical (unpaired) electrons. The van der Waals surface area contributed by atoms with Gasteiger partial charge in [-0.05, 0) is 45.7 Å². The molecule has 9 nitrogen and oxygen atoms in total. The van der Waals surface area contributed by atoms with Gasteiger partial charge in [-0.3, -0.25) is 9.67 Å². The molecule has 2 N–H and O–H groups in total. The van der Waals surface area contributed by atoms with Crippen molar-refractivity contribution >= 4 is 28.0 Å². The van der Waals surface area contributed by atoms with E-state index in [2.05, 4.69) is 25.4 Å². The van der Waals surface area contributed by atoms with Crippen LogP contribution >= 0.6 is 0 Å². The molecule has 4 heterocycles. The lowest BCUT2D eigenvalue weighted by molar-refractivity contribution is 0.0527. The number of aromatic amines is 1. The number of aryl methyl sites for hydroxylation is 1. The van der Waals surface area contributed by atoms with Crippen molar-refractivity contribution in [3.63, 3.8) is 0 Å². The average Bonchev–Trinajstić information content (AvgIpc) is 3.35.